The monoisotopic (exact) mass is 353 g/mol. The average Bonchev–Trinajstić information content (AvgIpc) is 2.58. The summed E-state index contributed by atoms with van der Waals surface area (Å²) in [6.45, 7) is 6.99. The normalized spacial score (nSPS) is 11.5. The standard InChI is InChI=1S/C21H23NO4/c1-13-5-6-17(11-14(13)2)12-20(24)26-16(4)21(25)22-19-9-7-18(8-10-19)15(3)23/h5-11,16H,12H2,1-4H3,(H,22,25)/t16-/m1/s1. The fraction of sp³-hybridized carbons (Fsp3) is 0.286. The Labute approximate surface area is 153 Å². The summed E-state index contributed by atoms with van der Waals surface area (Å²) in [5.41, 5.74) is 4.22. The molecule has 0 heterocycles. The van der Waals surface area contributed by atoms with Crippen LogP contribution >= 0.6 is 0 Å². The van der Waals surface area contributed by atoms with Gasteiger partial charge in [0.15, 0.2) is 11.9 Å². The Morgan fingerprint density at radius 3 is 2.23 bits per heavy atom. The molecule has 0 fully saturated rings. The molecule has 2 rings (SSSR count). The quantitative estimate of drug-likeness (QED) is 0.636. The smallest absolute Gasteiger partial charge is 0.311 e. The third kappa shape index (κ3) is 5.28. The van der Waals surface area contributed by atoms with E-state index in [9.17, 15) is 14.4 Å². The Bertz CT molecular complexity index is 824. The van der Waals surface area contributed by atoms with Crippen molar-refractivity contribution in [2.24, 2.45) is 0 Å². The summed E-state index contributed by atoms with van der Waals surface area (Å²) >= 11 is 0. The first-order valence-electron chi connectivity index (χ1n) is 8.43. The van der Waals surface area contributed by atoms with Crippen LogP contribution in [0.2, 0.25) is 0 Å². The lowest BCUT2D eigenvalue weighted by atomic mass is 10.0. The highest BCUT2D eigenvalue weighted by Crippen LogP contribution is 2.13. The lowest BCUT2D eigenvalue weighted by Gasteiger charge is -2.14. The molecule has 1 amide bonds. The molecule has 0 bridgehead atoms. The maximum Gasteiger partial charge on any atom is 0.311 e. The fourth-order valence-electron chi connectivity index (χ4n) is 2.40. The van der Waals surface area contributed by atoms with Crippen molar-refractivity contribution in [3.8, 4) is 0 Å². The number of anilines is 1. The molecule has 1 N–H and O–H groups in total. The van der Waals surface area contributed by atoms with Gasteiger partial charge in [0.1, 0.15) is 0 Å². The van der Waals surface area contributed by atoms with Crippen LogP contribution in [0.25, 0.3) is 0 Å². The summed E-state index contributed by atoms with van der Waals surface area (Å²) in [7, 11) is 0. The minimum absolute atomic E-state index is 0.0449. The third-order valence-electron chi connectivity index (χ3n) is 4.16. The fourth-order valence-corrected chi connectivity index (χ4v) is 2.40. The second-order valence-electron chi connectivity index (χ2n) is 6.35. The van der Waals surface area contributed by atoms with Gasteiger partial charge in [-0.3, -0.25) is 14.4 Å². The average molecular weight is 353 g/mol. The van der Waals surface area contributed by atoms with Gasteiger partial charge in [0.25, 0.3) is 5.91 Å². The van der Waals surface area contributed by atoms with Gasteiger partial charge in [-0.25, -0.2) is 0 Å². The van der Waals surface area contributed by atoms with Crippen LogP contribution in [0, 0.1) is 13.8 Å². The van der Waals surface area contributed by atoms with E-state index in [0.29, 0.717) is 11.3 Å². The number of ketones is 1. The molecule has 5 nitrogen and oxygen atoms in total. The van der Waals surface area contributed by atoms with Gasteiger partial charge in [-0.15, -0.1) is 0 Å². The van der Waals surface area contributed by atoms with Gasteiger partial charge in [-0.1, -0.05) is 18.2 Å². The maximum absolute atomic E-state index is 12.2. The molecule has 2 aromatic rings. The van der Waals surface area contributed by atoms with E-state index in [2.05, 4.69) is 5.32 Å². The first-order valence-corrected chi connectivity index (χ1v) is 8.43. The Morgan fingerprint density at radius 1 is 1.00 bits per heavy atom. The topological polar surface area (TPSA) is 72.5 Å². The Kier molecular flexibility index (Phi) is 6.28. The summed E-state index contributed by atoms with van der Waals surface area (Å²) in [5.74, 6) is -0.923. The van der Waals surface area contributed by atoms with Crippen LogP contribution in [0.4, 0.5) is 5.69 Å². The van der Waals surface area contributed by atoms with Gasteiger partial charge in [0.05, 0.1) is 6.42 Å². The molecule has 0 aliphatic rings. The number of benzene rings is 2. The summed E-state index contributed by atoms with van der Waals surface area (Å²) < 4.78 is 5.22. The number of aryl methyl sites for hydroxylation is 2. The molecule has 136 valence electrons. The lowest BCUT2D eigenvalue weighted by Crippen LogP contribution is -2.30. The van der Waals surface area contributed by atoms with Crippen molar-refractivity contribution in [1.29, 1.82) is 0 Å². The molecule has 0 spiro atoms. The number of ether oxygens (including phenoxy) is 1. The van der Waals surface area contributed by atoms with E-state index in [1.807, 2.05) is 32.0 Å². The van der Waals surface area contributed by atoms with Crippen molar-refractivity contribution in [1.82, 2.24) is 0 Å². The molecule has 0 unspecified atom stereocenters. The number of carbonyl (C=O) groups is 3. The van der Waals surface area contributed by atoms with Crippen LogP contribution in [0.1, 0.15) is 40.9 Å². The van der Waals surface area contributed by atoms with Crippen molar-refractivity contribution < 1.29 is 19.1 Å². The zero-order chi connectivity index (χ0) is 19.3. The van der Waals surface area contributed by atoms with Crippen LogP contribution in [-0.2, 0) is 20.7 Å². The predicted molar refractivity (Wildman–Crippen MR) is 100 cm³/mol. The predicted octanol–water partition coefficient (Wildman–Crippen LogP) is 3.62. The molecule has 26 heavy (non-hydrogen) atoms. The van der Waals surface area contributed by atoms with Crippen LogP contribution in [0.3, 0.4) is 0 Å². The molecule has 0 saturated heterocycles. The van der Waals surface area contributed by atoms with Crippen molar-refractivity contribution in [2.75, 3.05) is 5.32 Å². The summed E-state index contributed by atoms with van der Waals surface area (Å²) in [4.78, 5) is 35.5. The lowest BCUT2D eigenvalue weighted by molar-refractivity contribution is -0.152. The Balaban J connectivity index is 1.90. The van der Waals surface area contributed by atoms with Gasteiger partial charge in [-0.2, -0.15) is 0 Å². The highest BCUT2D eigenvalue weighted by molar-refractivity contribution is 5.97. The highest BCUT2D eigenvalue weighted by atomic mass is 16.5. The molecule has 0 aliphatic carbocycles. The molecular formula is C21H23NO4. The van der Waals surface area contributed by atoms with Gasteiger partial charge in [-0.05, 0) is 68.7 Å². The summed E-state index contributed by atoms with van der Waals surface area (Å²) in [6, 6.07) is 12.3. The van der Waals surface area contributed by atoms with E-state index < -0.39 is 18.0 Å². The number of esters is 1. The number of nitrogens with one attached hydrogen (secondary N) is 1. The van der Waals surface area contributed by atoms with Crippen molar-refractivity contribution in [3.63, 3.8) is 0 Å². The van der Waals surface area contributed by atoms with Gasteiger partial charge >= 0.3 is 5.97 Å². The van der Waals surface area contributed by atoms with Crippen LogP contribution in [-0.4, -0.2) is 23.8 Å². The molecule has 0 radical (unpaired) electrons. The first-order chi connectivity index (χ1) is 12.3. The van der Waals surface area contributed by atoms with Crippen LogP contribution < -0.4 is 5.32 Å². The second-order valence-corrected chi connectivity index (χ2v) is 6.35. The molecule has 0 aliphatic heterocycles. The van der Waals surface area contributed by atoms with Crippen molar-refractivity contribution >= 4 is 23.3 Å². The minimum atomic E-state index is -0.915. The van der Waals surface area contributed by atoms with Crippen molar-refractivity contribution in [2.45, 2.75) is 40.2 Å². The number of Topliss-reactive ketones (excluding diaryl/α,β-unsaturated/α-hetero) is 1. The summed E-state index contributed by atoms with van der Waals surface area (Å²) in [5, 5.41) is 2.67. The summed E-state index contributed by atoms with van der Waals surface area (Å²) in [6.07, 6.45) is -0.798. The molecule has 0 saturated carbocycles. The Hall–Kier alpha value is -2.95. The minimum Gasteiger partial charge on any atom is -0.452 e. The van der Waals surface area contributed by atoms with Gasteiger partial charge in [0.2, 0.25) is 0 Å². The van der Waals surface area contributed by atoms with E-state index in [1.54, 1.807) is 24.3 Å². The highest BCUT2D eigenvalue weighted by Gasteiger charge is 2.18. The number of hydrogen-bond donors (Lipinski definition) is 1. The molecule has 2 aromatic carbocycles. The van der Waals surface area contributed by atoms with E-state index >= 15 is 0 Å². The van der Waals surface area contributed by atoms with E-state index in [4.69, 9.17) is 4.74 Å². The van der Waals surface area contributed by atoms with E-state index in [-0.39, 0.29) is 12.2 Å². The van der Waals surface area contributed by atoms with Crippen LogP contribution in [0.5, 0.6) is 0 Å². The number of hydrogen-bond acceptors (Lipinski definition) is 4. The zero-order valence-corrected chi connectivity index (χ0v) is 15.5. The molecule has 1 atom stereocenters. The number of amides is 1. The Morgan fingerprint density at radius 2 is 1.65 bits per heavy atom. The van der Waals surface area contributed by atoms with Crippen molar-refractivity contribution in [3.05, 3.63) is 64.7 Å². The van der Waals surface area contributed by atoms with Gasteiger partial charge in [0, 0.05) is 11.3 Å². The van der Waals surface area contributed by atoms with Crippen LogP contribution in [0.15, 0.2) is 42.5 Å². The maximum atomic E-state index is 12.2. The second kappa shape index (κ2) is 8.43. The number of rotatable bonds is 6. The number of carbonyl (C=O) groups excluding carboxylic acids is 3. The van der Waals surface area contributed by atoms with E-state index in [0.717, 1.165) is 16.7 Å². The third-order valence-corrected chi connectivity index (χ3v) is 4.16. The first kappa shape index (κ1) is 19.4. The van der Waals surface area contributed by atoms with Gasteiger partial charge < -0.3 is 10.1 Å². The molecular weight excluding hydrogens is 330 g/mol. The molecule has 0 aromatic heterocycles. The SMILES string of the molecule is CC(=O)c1ccc(NC(=O)[C@@H](C)OC(=O)Cc2ccc(C)c(C)c2)cc1. The largest absolute Gasteiger partial charge is 0.452 e. The zero-order valence-electron chi connectivity index (χ0n) is 15.5. The van der Waals surface area contributed by atoms with E-state index in [1.165, 1.54) is 13.8 Å². The molecule has 5 heteroatoms.